The SMILES string of the molecule is CCC1C=C(F)C=CC1OCC1(CC2CCCCC2)N=C(N)N(C)C1=O. The monoisotopic (exact) mass is 363 g/mol. The van der Waals surface area contributed by atoms with Crippen LogP contribution in [0.25, 0.3) is 0 Å². The summed E-state index contributed by atoms with van der Waals surface area (Å²) in [4.78, 5) is 18.9. The molecule has 3 rings (SSSR count). The van der Waals surface area contributed by atoms with Crippen LogP contribution >= 0.6 is 0 Å². The number of allylic oxidation sites excluding steroid dienone is 2. The molecule has 1 aliphatic heterocycles. The maximum Gasteiger partial charge on any atom is 0.259 e. The first-order chi connectivity index (χ1) is 12.4. The van der Waals surface area contributed by atoms with Crippen LogP contribution in [0.15, 0.2) is 29.0 Å². The minimum atomic E-state index is -0.938. The quantitative estimate of drug-likeness (QED) is 0.787. The van der Waals surface area contributed by atoms with Gasteiger partial charge in [-0.3, -0.25) is 9.69 Å². The van der Waals surface area contributed by atoms with E-state index in [2.05, 4.69) is 4.99 Å². The minimum absolute atomic E-state index is 0.0257. The summed E-state index contributed by atoms with van der Waals surface area (Å²) in [5.41, 5.74) is 5.02. The molecule has 3 unspecified atom stereocenters. The Morgan fingerprint density at radius 2 is 2.12 bits per heavy atom. The van der Waals surface area contributed by atoms with Crippen LogP contribution in [0.5, 0.6) is 0 Å². The molecule has 144 valence electrons. The second-order valence-corrected chi connectivity index (χ2v) is 7.83. The molecule has 0 radical (unpaired) electrons. The summed E-state index contributed by atoms with van der Waals surface area (Å²) < 4.78 is 19.6. The molecule has 1 fully saturated rings. The molecule has 2 aliphatic carbocycles. The zero-order valence-electron chi connectivity index (χ0n) is 15.8. The smallest absolute Gasteiger partial charge is 0.259 e. The van der Waals surface area contributed by atoms with Crippen molar-refractivity contribution in [2.24, 2.45) is 22.6 Å². The fraction of sp³-hybridized carbons (Fsp3) is 0.700. The predicted octanol–water partition coefficient (Wildman–Crippen LogP) is 3.32. The molecule has 0 spiro atoms. The van der Waals surface area contributed by atoms with Crippen LogP contribution in [0, 0.1) is 11.8 Å². The maximum absolute atomic E-state index is 13.5. The number of nitrogens with two attached hydrogens (primary N) is 1. The van der Waals surface area contributed by atoms with Gasteiger partial charge in [0.2, 0.25) is 0 Å². The lowest BCUT2D eigenvalue weighted by atomic mass is 9.79. The Balaban J connectivity index is 1.74. The van der Waals surface area contributed by atoms with Crippen molar-refractivity contribution in [2.75, 3.05) is 13.7 Å². The fourth-order valence-corrected chi connectivity index (χ4v) is 4.36. The van der Waals surface area contributed by atoms with Crippen molar-refractivity contribution >= 4 is 11.9 Å². The lowest BCUT2D eigenvalue weighted by Gasteiger charge is -2.33. The van der Waals surface area contributed by atoms with E-state index in [4.69, 9.17) is 10.5 Å². The minimum Gasteiger partial charge on any atom is -0.370 e. The van der Waals surface area contributed by atoms with Crippen LogP contribution in [0.4, 0.5) is 4.39 Å². The predicted molar refractivity (Wildman–Crippen MR) is 100 cm³/mol. The van der Waals surface area contributed by atoms with Gasteiger partial charge in [-0.1, -0.05) is 45.1 Å². The van der Waals surface area contributed by atoms with Crippen molar-refractivity contribution < 1.29 is 13.9 Å². The number of amides is 1. The van der Waals surface area contributed by atoms with Crippen LogP contribution < -0.4 is 5.73 Å². The van der Waals surface area contributed by atoms with Crippen molar-refractivity contribution in [1.29, 1.82) is 0 Å². The standard InChI is InChI=1S/C20H30FN3O2/c1-3-15-11-16(21)9-10-17(15)26-13-20(12-14-7-5-4-6-8-14)18(25)24(2)19(22)23-20/h9-11,14-15,17H,3-8,12-13H2,1-2H3,(H2,22,23). The van der Waals surface area contributed by atoms with Crippen LogP contribution in [0.3, 0.4) is 0 Å². The molecule has 5 nitrogen and oxygen atoms in total. The summed E-state index contributed by atoms with van der Waals surface area (Å²) in [7, 11) is 1.66. The van der Waals surface area contributed by atoms with Crippen LogP contribution in [0.1, 0.15) is 51.9 Å². The zero-order valence-corrected chi connectivity index (χ0v) is 15.8. The lowest BCUT2D eigenvalue weighted by molar-refractivity contribution is -0.134. The molecule has 26 heavy (non-hydrogen) atoms. The molecule has 0 saturated heterocycles. The number of halogens is 1. The van der Waals surface area contributed by atoms with Gasteiger partial charge in [-0.25, -0.2) is 9.38 Å². The molecule has 0 aromatic heterocycles. The number of guanidine groups is 1. The zero-order chi connectivity index (χ0) is 18.7. The molecule has 0 aromatic carbocycles. The van der Waals surface area contributed by atoms with Crippen molar-refractivity contribution in [2.45, 2.75) is 63.5 Å². The van der Waals surface area contributed by atoms with Gasteiger partial charge in [-0.15, -0.1) is 0 Å². The van der Waals surface area contributed by atoms with Crippen molar-refractivity contribution in [3.63, 3.8) is 0 Å². The maximum atomic E-state index is 13.5. The molecule has 3 atom stereocenters. The van der Waals surface area contributed by atoms with Crippen molar-refractivity contribution in [1.82, 2.24) is 4.90 Å². The van der Waals surface area contributed by atoms with E-state index < -0.39 is 5.54 Å². The van der Waals surface area contributed by atoms with Gasteiger partial charge >= 0.3 is 0 Å². The summed E-state index contributed by atoms with van der Waals surface area (Å²) in [5, 5.41) is 0. The Morgan fingerprint density at radius 3 is 2.73 bits per heavy atom. The van der Waals surface area contributed by atoms with Crippen LogP contribution in [-0.4, -0.2) is 42.1 Å². The molecule has 2 N–H and O–H groups in total. The summed E-state index contributed by atoms with van der Waals surface area (Å²) in [6.07, 6.45) is 11.9. The van der Waals surface area contributed by atoms with Crippen molar-refractivity contribution in [3.05, 3.63) is 24.1 Å². The molecule has 1 heterocycles. The number of nitrogens with zero attached hydrogens (tertiary/aromatic N) is 2. The highest BCUT2D eigenvalue weighted by molar-refractivity contribution is 6.06. The van der Waals surface area contributed by atoms with Gasteiger partial charge in [0, 0.05) is 13.0 Å². The Hall–Kier alpha value is -1.69. The number of aliphatic imine (C=N–C) groups is 1. The Bertz CT molecular complexity index is 625. The molecule has 0 bridgehead atoms. The molecule has 1 saturated carbocycles. The molecule has 0 aromatic rings. The van der Waals surface area contributed by atoms with Gasteiger partial charge in [0.25, 0.3) is 5.91 Å². The van der Waals surface area contributed by atoms with E-state index in [9.17, 15) is 9.18 Å². The van der Waals surface area contributed by atoms with Crippen LogP contribution in [0.2, 0.25) is 0 Å². The normalized spacial score (nSPS) is 32.7. The largest absolute Gasteiger partial charge is 0.370 e. The second-order valence-electron chi connectivity index (χ2n) is 7.83. The Labute approximate surface area is 155 Å². The fourth-order valence-electron chi connectivity index (χ4n) is 4.36. The van der Waals surface area contributed by atoms with Gasteiger partial charge < -0.3 is 10.5 Å². The molecular weight excluding hydrogens is 333 g/mol. The highest BCUT2D eigenvalue weighted by atomic mass is 19.1. The summed E-state index contributed by atoms with van der Waals surface area (Å²) >= 11 is 0. The Morgan fingerprint density at radius 1 is 1.38 bits per heavy atom. The average molecular weight is 363 g/mol. The lowest BCUT2D eigenvalue weighted by Crippen LogP contribution is -2.47. The van der Waals surface area contributed by atoms with E-state index in [-0.39, 0.29) is 36.3 Å². The number of carbonyl (C=O) groups excluding carboxylic acids is 1. The van der Waals surface area contributed by atoms with E-state index in [1.165, 1.54) is 30.2 Å². The molecule has 3 aliphatic rings. The topological polar surface area (TPSA) is 67.9 Å². The Kier molecular flexibility index (Phi) is 5.80. The third-order valence-corrected chi connectivity index (χ3v) is 5.95. The van der Waals surface area contributed by atoms with E-state index in [0.717, 1.165) is 19.3 Å². The second kappa shape index (κ2) is 7.91. The molecule has 1 amide bonds. The number of likely N-dealkylation sites (N-methyl/N-ethyl adjacent to an activating group) is 1. The van der Waals surface area contributed by atoms with E-state index in [0.29, 0.717) is 12.3 Å². The third kappa shape index (κ3) is 3.85. The average Bonchev–Trinajstić information content (AvgIpc) is 2.85. The number of carbonyl (C=O) groups is 1. The van der Waals surface area contributed by atoms with E-state index in [1.54, 1.807) is 19.2 Å². The number of hydrogen-bond acceptors (Lipinski definition) is 4. The van der Waals surface area contributed by atoms with E-state index in [1.807, 2.05) is 6.92 Å². The first-order valence-electron chi connectivity index (χ1n) is 9.76. The molecule has 6 heteroatoms. The van der Waals surface area contributed by atoms with Gasteiger partial charge in [0.15, 0.2) is 11.5 Å². The summed E-state index contributed by atoms with van der Waals surface area (Å²) in [6, 6.07) is 0. The molecular formula is C20H30FN3O2. The van der Waals surface area contributed by atoms with Gasteiger partial charge in [-0.05, 0) is 30.9 Å². The number of rotatable bonds is 6. The van der Waals surface area contributed by atoms with Gasteiger partial charge in [0.1, 0.15) is 5.83 Å². The van der Waals surface area contributed by atoms with Crippen LogP contribution in [-0.2, 0) is 9.53 Å². The first-order valence-corrected chi connectivity index (χ1v) is 9.76. The first kappa shape index (κ1) is 19.1. The van der Waals surface area contributed by atoms with E-state index >= 15 is 0 Å². The number of hydrogen-bond donors (Lipinski definition) is 1. The summed E-state index contributed by atoms with van der Waals surface area (Å²) in [6.45, 7) is 2.20. The highest BCUT2D eigenvalue weighted by Gasteiger charge is 2.48. The highest BCUT2D eigenvalue weighted by Crippen LogP contribution is 2.36. The van der Waals surface area contributed by atoms with Gasteiger partial charge in [-0.2, -0.15) is 0 Å². The van der Waals surface area contributed by atoms with Gasteiger partial charge in [0.05, 0.1) is 12.7 Å². The van der Waals surface area contributed by atoms with Crippen molar-refractivity contribution in [3.8, 4) is 0 Å². The number of ether oxygens (including phenoxy) is 1. The summed E-state index contributed by atoms with van der Waals surface area (Å²) in [5.74, 6) is 0.386. The third-order valence-electron chi connectivity index (χ3n) is 5.95.